The first-order chi connectivity index (χ1) is 14.6. The third-order valence-electron chi connectivity index (χ3n) is 4.52. The fraction of sp³-hybridized carbons (Fsp3) is 0.615. The first-order valence-electron chi connectivity index (χ1n) is 11.6. The lowest BCUT2D eigenvalue weighted by molar-refractivity contribution is -0.147. The van der Waals surface area contributed by atoms with Crippen molar-refractivity contribution in [3.63, 3.8) is 0 Å². The van der Waals surface area contributed by atoms with Gasteiger partial charge in [-0.15, -0.1) is 0 Å². The van der Waals surface area contributed by atoms with Crippen LogP contribution in [0.4, 0.5) is 0 Å². The fourth-order valence-electron chi connectivity index (χ4n) is 2.89. The lowest BCUT2D eigenvalue weighted by atomic mass is 10.1. The van der Waals surface area contributed by atoms with Gasteiger partial charge < -0.3 is 9.84 Å². The van der Waals surface area contributed by atoms with Gasteiger partial charge in [0.15, 0.2) is 0 Å². The van der Waals surface area contributed by atoms with Crippen LogP contribution in [0.1, 0.15) is 97.3 Å². The minimum Gasteiger partial charge on any atom is -0.481 e. The van der Waals surface area contributed by atoms with E-state index in [2.05, 4.69) is 49.5 Å². The summed E-state index contributed by atoms with van der Waals surface area (Å²) in [5.74, 6) is -0.858. The summed E-state index contributed by atoms with van der Waals surface area (Å²) in [4.78, 5) is 22.4. The van der Waals surface area contributed by atoms with E-state index in [0.717, 1.165) is 70.6 Å². The van der Waals surface area contributed by atoms with E-state index in [9.17, 15) is 9.59 Å². The average Bonchev–Trinajstić information content (AvgIpc) is 2.71. The molecule has 0 bridgehead atoms. The van der Waals surface area contributed by atoms with Crippen molar-refractivity contribution in [1.82, 2.24) is 0 Å². The summed E-state index contributed by atoms with van der Waals surface area (Å²) in [5.41, 5.74) is 0. The number of carboxylic acids is 1. The Bertz CT molecular complexity index is 543. The van der Waals surface area contributed by atoms with Gasteiger partial charge in [-0.3, -0.25) is 9.59 Å². The molecule has 0 heterocycles. The maximum absolute atomic E-state index is 11.9. The molecule has 0 aromatic carbocycles. The summed E-state index contributed by atoms with van der Waals surface area (Å²) in [7, 11) is 0. The molecule has 0 amide bonds. The Labute approximate surface area is 183 Å². The molecular formula is C26H42O4. The van der Waals surface area contributed by atoms with Crippen LogP contribution in [0.2, 0.25) is 0 Å². The topological polar surface area (TPSA) is 63.6 Å². The summed E-state index contributed by atoms with van der Waals surface area (Å²) in [6, 6.07) is 0. The Morgan fingerprint density at radius 1 is 0.767 bits per heavy atom. The number of aliphatic carboxylic acids is 1. The van der Waals surface area contributed by atoms with Crippen LogP contribution in [0.25, 0.3) is 0 Å². The van der Waals surface area contributed by atoms with E-state index in [1.807, 2.05) is 13.0 Å². The van der Waals surface area contributed by atoms with Crippen molar-refractivity contribution in [1.29, 1.82) is 0 Å². The van der Waals surface area contributed by atoms with Gasteiger partial charge in [-0.1, -0.05) is 75.6 Å². The summed E-state index contributed by atoms with van der Waals surface area (Å²) in [5, 5.41) is 8.65. The molecule has 0 spiro atoms. The molecule has 0 saturated heterocycles. The highest BCUT2D eigenvalue weighted by Crippen LogP contribution is 2.13. The molecule has 1 unspecified atom stereocenters. The Morgan fingerprint density at radius 2 is 1.33 bits per heavy atom. The molecule has 0 saturated carbocycles. The molecule has 0 fully saturated rings. The van der Waals surface area contributed by atoms with Crippen LogP contribution < -0.4 is 0 Å². The lowest BCUT2D eigenvalue weighted by Gasteiger charge is -2.14. The smallest absolute Gasteiger partial charge is 0.306 e. The summed E-state index contributed by atoms with van der Waals surface area (Å²) in [6.07, 6.45) is 27.8. The van der Waals surface area contributed by atoms with E-state index in [0.29, 0.717) is 6.42 Å². The van der Waals surface area contributed by atoms with Gasteiger partial charge in [-0.05, 0) is 57.4 Å². The SMILES string of the molecule is CC/C=C\C/C=C\C/C=C\C/C=C\C(CCCCCCCC(=O)O)OC(=O)CCC. The number of carbonyl (C=O) groups is 2. The summed E-state index contributed by atoms with van der Waals surface area (Å²) < 4.78 is 5.60. The molecule has 30 heavy (non-hydrogen) atoms. The summed E-state index contributed by atoms with van der Waals surface area (Å²) >= 11 is 0. The van der Waals surface area contributed by atoms with Crippen LogP contribution in [0.5, 0.6) is 0 Å². The van der Waals surface area contributed by atoms with E-state index in [1.165, 1.54) is 0 Å². The zero-order valence-electron chi connectivity index (χ0n) is 19.1. The van der Waals surface area contributed by atoms with Crippen LogP contribution in [0.15, 0.2) is 48.6 Å². The maximum atomic E-state index is 11.9. The van der Waals surface area contributed by atoms with Gasteiger partial charge in [-0.2, -0.15) is 0 Å². The van der Waals surface area contributed by atoms with Crippen molar-refractivity contribution in [3.05, 3.63) is 48.6 Å². The third kappa shape index (κ3) is 20.6. The molecule has 0 rings (SSSR count). The van der Waals surface area contributed by atoms with E-state index in [1.54, 1.807) is 0 Å². The number of ether oxygens (including phenoxy) is 1. The Hall–Kier alpha value is -2.10. The lowest BCUT2D eigenvalue weighted by Crippen LogP contribution is -2.15. The van der Waals surface area contributed by atoms with Crippen LogP contribution >= 0.6 is 0 Å². The van der Waals surface area contributed by atoms with Crippen molar-refractivity contribution in [2.24, 2.45) is 0 Å². The zero-order valence-corrected chi connectivity index (χ0v) is 19.1. The highest BCUT2D eigenvalue weighted by atomic mass is 16.5. The molecule has 4 nitrogen and oxygen atoms in total. The van der Waals surface area contributed by atoms with Gasteiger partial charge >= 0.3 is 11.9 Å². The zero-order chi connectivity index (χ0) is 22.3. The van der Waals surface area contributed by atoms with Crippen molar-refractivity contribution < 1.29 is 19.4 Å². The van der Waals surface area contributed by atoms with Gasteiger partial charge in [0.05, 0.1) is 0 Å². The van der Waals surface area contributed by atoms with Gasteiger partial charge in [-0.25, -0.2) is 0 Å². The second-order valence-electron chi connectivity index (χ2n) is 7.44. The first-order valence-corrected chi connectivity index (χ1v) is 11.6. The van der Waals surface area contributed by atoms with Gasteiger partial charge in [0.1, 0.15) is 6.10 Å². The van der Waals surface area contributed by atoms with Gasteiger partial charge in [0.2, 0.25) is 0 Å². The molecule has 4 heteroatoms. The Kier molecular flexibility index (Phi) is 20.1. The molecule has 0 aliphatic rings. The molecule has 0 aromatic rings. The van der Waals surface area contributed by atoms with E-state index >= 15 is 0 Å². The van der Waals surface area contributed by atoms with Crippen LogP contribution in [0.3, 0.4) is 0 Å². The van der Waals surface area contributed by atoms with Crippen LogP contribution in [-0.4, -0.2) is 23.1 Å². The van der Waals surface area contributed by atoms with Crippen molar-refractivity contribution in [3.8, 4) is 0 Å². The largest absolute Gasteiger partial charge is 0.481 e. The van der Waals surface area contributed by atoms with E-state index in [-0.39, 0.29) is 18.5 Å². The number of hydrogen-bond donors (Lipinski definition) is 1. The number of unbranched alkanes of at least 4 members (excludes halogenated alkanes) is 4. The van der Waals surface area contributed by atoms with Gasteiger partial charge in [0.25, 0.3) is 0 Å². The van der Waals surface area contributed by atoms with Crippen molar-refractivity contribution in [2.45, 2.75) is 103 Å². The number of esters is 1. The molecule has 0 radical (unpaired) electrons. The average molecular weight is 419 g/mol. The highest BCUT2D eigenvalue weighted by Gasteiger charge is 2.10. The second-order valence-corrected chi connectivity index (χ2v) is 7.44. The number of carbonyl (C=O) groups excluding carboxylic acids is 1. The number of carboxylic acid groups (broad SMARTS) is 1. The molecule has 0 aliphatic heterocycles. The predicted octanol–water partition coefficient (Wildman–Crippen LogP) is 7.32. The van der Waals surface area contributed by atoms with E-state index < -0.39 is 5.97 Å². The summed E-state index contributed by atoms with van der Waals surface area (Å²) in [6.45, 7) is 4.11. The van der Waals surface area contributed by atoms with Gasteiger partial charge in [0, 0.05) is 12.8 Å². The van der Waals surface area contributed by atoms with Crippen LogP contribution in [0, 0.1) is 0 Å². The standard InChI is InChI=1S/C26H42O4/c1-3-5-6-7-8-9-10-11-12-14-17-21-24(30-26(29)20-4-2)22-18-15-13-16-19-23-25(27)28/h5-6,8-9,11-12,17,21,24H,3-4,7,10,13-16,18-20,22-23H2,1-2H3,(H,27,28)/b6-5-,9-8-,12-11-,21-17-. The predicted molar refractivity (Wildman–Crippen MR) is 125 cm³/mol. The van der Waals surface area contributed by atoms with Crippen molar-refractivity contribution in [2.75, 3.05) is 0 Å². The second kappa shape index (κ2) is 21.6. The highest BCUT2D eigenvalue weighted by molar-refractivity contribution is 5.69. The first kappa shape index (κ1) is 27.9. The number of rotatable bonds is 19. The molecule has 0 aromatic heterocycles. The normalized spacial score (nSPS) is 13.1. The number of hydrogen-bond acceptors (Lipinski definition) is 3. The van der Waals surface area contributed by atoms with Crippen molar-refractivity contribution >= 4 is 11.9 Å². The molecule has 170 valence electrons. The monoisotopic (exact) mass is 418 g/mol. The minimum atomic E-state index is -0.725. The molecular weight excluding hydrogens is 376 g/mol. The maximum Gasteiger partial charge on any atom is 0.306 e. The minimum absolute atomic E-state index is 0.133. The third-order valence-corrected chi connectivity index (χ3v) is 4.52. The van der Waals surface area contributed by atoms with Crippen LogP contribution in [-0.2, 0) is 14.3 Å². The Morgan fingerprint density at radius 3 is 1.93 bits per heavy atom. The fourth-order valence-corrected chi connectivity index (χ4v) is 2.89. The quantitative estimate of drug-likeness (QED) is 0.136. The Balaban J connectivity index is 4.17. The molecule has 1 N–H and O–H groups in total. The number of allylic oxidation sites excluding steroid dienone is 7. The molecule has 0 aliphatic carbocycles. The molecule has 1 atom stereocenters. The van der Waals surface area contributed by atoms with E-state index in [4.69, 9.17) is 9.84 Å².